The molecule has 6 heteroatoms. The second-order valence-corrected chi connectivity index (χ2v) is 4.28. The van der Waals surface area contributed by atoms with Gasteiger partial charge in [0.25, 0.3) is 0 Å². The lowest BCUT2D eigenvalue weighted by molar-refractivity contribution is -0.135. The maximum Gasteiger partial charge on any atom is 0.526 e. The molecule has 0 spiro atoms. The fourth-order valence-electron chi connectivity index (χ4n) is 1.05. The number of rotatable bonds is 7. The minimum absolute atomic E-state index is 0.0782. The number of hydrogen-bond acceptors (Lipinski definition) is 3. The van der Waals surface area contributed by atoms with Gasteiger partial charge in [0.2, 0.25) is 0 Å². The van der Waals surface area contributed by atoms with Crippen LogP contribution in [0.15, 0.2) is 0 Å². The number of phosphoric ester groups is 1. The van der Waals surface area contributed by atoms with E-state index in [2.05, 4.69) is 11.4 Å². The number of unbranched alkanes of at least 4 members (excludes halogenated alkanes) is 4. The Bertz CT molecular complexity index is 210. The first-order valence-corrected chi connectivity index (χ1v) is 6.26. The minimum Gasteiger partial charge on any atom is -0.371 e. The maximum absolute atomic E-state index is 10.8. The van der Waals surface area contributed by atoms with Crippen molar-refractivity contribution < 1.29 is 23.7 Å². The monoisotopic (exact) mass is 224 g/mol. The van der Waals surface area contributed by atoms with Crippen molar-refractivity contribution in [1.29, 1.82) is 0 Å². The molecule has 0 aliphatic carbocycles. The van der Waals surface area contributed by atoms with E-state index in [4.69, 9.17) is 9.79 Å². The maximum atomic E-state index is 10.8. The van der Waals surface area contributed by atoms with Crippen molar-refractivity contribution in [2.75, 3.05) is 0 Å². The summed E-state index contributed by atoms with van der Waals surface area (Å²) in [5, 5.41) is 0. The van der Waals surface area contributed by atoms with E-state index >= 15 is 0 Å². The first-order valence-electron chi connectivity index (χ1n) is 4.73. The highest BCUT2D eigenvalue weighted by atomic mass is 31.2. The first kappa shape index (κ1) is 13.6. The van der Waals surface area contributed by atoms with Gasteiger partial charge in [-0.2, -0.15) is 0 Å². The normalized spacial score (nSPS) is 11.4. The Balaban J connectivity index is 3.41. The predicted molar refractivity (Wildman–Crippen MR) is 51.5 cm³/mol. The van der Waals surface area contributed by atoms with Crippen LogP contribution in [0.3, 0.4) is 0 Å². The fraction of sp³-hybridized carbons (Fsp3) is 0.875. The van der Waals surface area contributed by atoms with Gasteiger partial charge in [-0.25, -0.2) is 4.57 Å². The molecule has 0 aliphatic rings. The molecule has 0 aromatic heterocycles. The van der Waals surface area contributed by atoms with Crippen LogP contribution in [0.2, 0.25) is 0 Å². The van der Waals surface area contributed by atoms with Gasteiger partial charge in [0, 0.05) is 6.42 Å². The van der Waals surface area contributed by atoms with Gasteiger partial charge in [-0.1, -0.05) is 32.6 Å². The molecular weight excluding hydrogens is 207 g/mol. The highest BCUT2D eigenvalue weighted by molar-refractivity contribution is 7.46. The van der Waals surface area contributed by atoms with Crippen molar-refractivity contribution in [1.82, 2.24) is 0 Å². The van der Waals surface area contributed by atoms with Gasteiger partial charge in [0.15, 0.2) is 0 Å². The van der Waals surface area contributed by atoms with E-state index in [1.54, 1.807) is 0 Å². The summed E-state index contributed by atoms with van der Waals surface area (Å²) in [7, 11) is -4.63. The second-order valence-electron chi connectivity index (χ2n) is 3.12. The summed E-state index contributed by atoms with van der Waals surface area (Å²) in [5.41, 5.74) is 0. The number of carbonyl (C=O) groups is 1. The summed E-state index contributed by atoms with van der Waals surface area (Å²) < 4.78 is 14.1. The standard InChI is InChI=1S/C8H17O5P/c1-2-3-4-5-6-7-8(9)13-14(10,11)12/h2-7H2,1H3,(H2,10,11,12). The van der Waals surface area contributed by atoms with Crippen LogP contribution in [0.5, 0.6) is 0 Å². The van der Waals surface area contributed by atoms with Crippen molar-refractivity contribution in [3.8, 4) is 0 Å². The molecule has 0 atom stereocenters. The van der Waals surface area contributed by atoms with Crippen molar-refractivity contribution in [2.45, 2.75) is 45.4 Å². The Labute approximate surface area is 83.7 Å². The molecule has 0 aromatic carbocycles. The molecule has 0 fully saturated rings. The Morgan fingerprint density at radius 3 is 2.29 bits per heavy atom. The summed E-state index contributed by atoms with van der Waals surface area (Å²) in [6.45, 7) is 2.09. The van der Waals surface area contributed by atoms with Gasteiger partial charge < -0.3 is 4.52 Å². The molecule has 0 unspecified atom stereocenters. The summed E-state index contributed by atoms with van der Waals surface area (Å²) in [6.07, 6.45) is 4.87. The van der Waals surface area contributed by atoms with Gasteiger partial charge in [0.05, 0.1) is 0 Å². The van der Waals surface area contributed by atoms with E-state index in [-0.39, 0.29) is 6.42 Å². The number of hydrogen-bond donors (Lipinski definition) is 2. The Kier molecular flexibility index (Phi) is 6.79. The van der Waals surface area contributed by atoms with E-state index < -0.39 is 13.8 Å². The van der Waals surface area contributed by atoms with Gasteiger partial charge >= 0.3 is 13.8 Å². The van der Waals surface area contributed by atoms with Crippen molar-refractivity contribution in [3.63, 3.8) is 0 Å². The zero-order valence-corrected chi connectivity index (χ0v) is 9.20. The van der Waals surface area contributed by atoms with Gasteiger partial charge in [-0.3, -0.25) is 14.6 Å². The fourth-order valence-corrected chi connectivity index (χ4v) is 1.41. The molecule has 2 N–H and O–H groups in total. The quantitative estimate of drug-likeness (QED) is 0.510. The predicted octanol–water partition coefficient (Wildman–Crippen LogP) is 1.98. The summed E-state index contributed by atoms with van der Waals surface area (Å²) in [4.78, 5) is 27.4. The zero-order chi connectivity index (χ0) is 11.0. The van der Waals surface area contributed by atoms with Crippen LogP contribution in [0.1, 0.15) is 45.4 Å². The lowest BCUT2D eigenvalue weighted by Gasteiger charge is -2.04. The van der Waals surface area contributed by atoms with Crippen molar-refractivity contribution in [2.24, 2.45) is 0 Å². The van der Waals surface area contributed by atoms with Crippen LogP contribution >= 0.6 is 7.82 Å². The van der Waals surface area contributed by atoms with Crippen LogP contribution in [0.4, 0.5) is 0 Å². The number of carbonyl (C=O) groups excluding carboxylic acids is 1. The summed E-state index contributed by atoms with van der Waals surface area (Å²) in [6, 6.07) is 0. The molecule has 0 aliphatic heterocycles. The average molecular weight is 224 g/mol. The zero-order valence-electron chi connectivity index (χ0n) is 8.31. The molecule has 0 aromatic rings. The van der Waals surface area contributed by atoms with E-state index in [1.807, 2.05) is 0 Å². The average Bonchev–Trinajstić information content (AvgIpc) is 2.00. The number of phosphoric acid groups is 1. The lowest BCUT2D eigenvalue weighted by atomic mass is 10.1. The van der Waals surface area contributed by atoms with E-state index in [0.29, 0.717) is 6.42 Å². The summed E-state index contributed by atoms with van der Waals surface area (Å²) in [5.74, 6) is -0.824. The molecule has 0 radical (unpaired) electrons. The summed E-state index contributed by atoms with van der Waals surface area (Å²) >= 11 is 0. The Morgan fingerprint density at radius 1 is 1.21 bits per heavy atom. The van der Waals surface area contributed by atoms with Crippen LogP contribution in [0, 0.1) is 0 Å². The van der Waals surface area contributed by atoms with E-state index in [0.717, 1.165) is 25.7 Å². The molecule has 0 bridgehead atoms. The first-order chi connectivity index (χ1) is 6.45. The molecule has 5 nitrogen and oxygen atoms in total. The van der Waals surface area contributed by atoms with Crippen LogP contribution in [0.25, 0.3) is 0 Å². The molecular formula is C8H17O5P. The van der Waals surface area contributed by atoms with Crippen molar-refractivity contribution >= 4 is 13.8 Å². The van der Waals surface area contributed by atoms with Crippen molar-refractivity contribution in [3.05, 3.63) is 0 Å². The van der Waals surface area contributed by atoms with Crippen LogP contribution in [-0.2, 0) is 13.9 Å². The molecule has 14 heavy (non-hydrogen) atoms. The third-order valence-corrected chi connectivity index (χ3v) is 2.15. The Morgan fingerprint density at radius 2 is 1.79 bits per heavy atom. The third kappa shape index (κ3) is 9.71. The third-order valence-electron chi connectivity index (χ3n) is 1.71. The molecule has 0 rings (SSSR count). The topological polar surface area (TPSA) is 83.8 Å². The Hall–Kier alpha value is -0.380. The largest absolute Gasteiger partial charge is 0.526 e. The SMILES string of the molecule is CCCCCCCC(=O)OP(=O)(O)O. The van der Waals surface area contributed by atoms with Gasteiger partial charge in [-0.15, -0.1) is 0 Å². The van der Waals surface area contributed by atoms with Gasteiger partial charge in [0.1, 0.15) is 0 Å². The molecule has 0 saturated heterocycles. The van der Waals surface area contributed by atoms with Crippen LogP contribution < -0.4 is 0 Å². The highest BCUT2D eigenvalue weighted by Crippen LogP contribution is 2.36. The minimum atomic E-state index is -4.63. The van der Waals surface area contributed by atoms with E-state index in [1.165, 1.54) is 0 Å². The molecule has 0 saturated carbocycles. The molecule has 0 amide bonds. The lowest BCUT2D eigenvalue weighted by Crippen LogP contribution is -2.01. The highest BCUT2D eigenvalue weighted by Gasteiger charge is 2.19. The molecule has 84 valence electrons. The molecule has 0 heterocycles. The smallest absolute Gasteiger partial charge is 0.371 e. The van der Waals surface area contributed by atoms with E-state index in [9.17, 15) is 9.36 Å². The van der Waals surface area contributed by atoms with Gasteiger partial charge in [-0.05, 0) is 6.42 Å². The second kappa shape index (κ2) is 6.98. The van der Waals surface area contributed by atoms with Crippen LogP contribution in [-0.4, -0.2) is 15.8 Å².